The number of hydrogen-bond acceptors (Lipinski definition) is 2. The van der Waals surface area contributed by atoms with Crippen molar-refractivity contribution >= 4 is 5.91 Å². The van der Waals surface area contributed by atoms with Gasteiger partial charge in [0.15, 0.2) is 0 Å². The summed E-state index contributed by atoms with van der Waals surface area (Å²) in [5.74, 6) is 0.416. The minimum Gasteiger partial charge on any atom is -0.496 e. The number of carbonyl (C=O) groups excluding carboxylic acids is 1. The lowest BCUT2D eigenvalue weighted by Crippen LogP contribution is -2.27. The van der Waals surface area contributed by atoms with Gasteiger partial charge in [0.05, 0.1) is 13.2 Å². The van der Waals surface area contributed by atoms with Gasteiger partial charge in [-0.1, -0.05) is 29.8 Å². The summed E-state index contributed by atoms with van der Waals surface area (Å²) in [5, 5.41) is 2.97. The maximum absolute atomic E-state index is 13.1. The predicted octanol–water partition coefficient (Wildman–Crippen LogP) is 3.95. The average molecular weight is 315 g/mol. The van der Waals surface area contributed by atoms with Crippen LogP contribution in [0.25, 0.3) is 0 Å². The number of ether oxygens (including phenoxy) is 1. The minimum atomic E-state index is -0.277. The summed E-state index contributed by atoms with van der Waals surface area (Å²) >= 11 is 0. The summed E-state index contributed by atoms with van der Waals surface area (Å²) in [4.78, 5) is 12.1. The molecule has 0 aromatic heterocycles. The molecule has 1 amide bonds. The molecule has 1 N–H and O–H groups in total. The van der Waals surface area contributed by atoms with E-state index in [-0.39, 0.29) is 17.8 Å². The van der Waals surface area contributed by atoms with Crippen LogP contribution in [0.15, 0.2) is 42.5 Å². The van der Waals surface area contributed by atoms with E-state index in [9.17, 15) is 9.18 Å². The zero-order valence-corrected chi connectivity index (χ0v) is 13.7. The van der Waals surface area contributed by atoms with E-state index in [1.54, 1.807) is 13.2 Å². The van der Waals surface area contributed by atoms with Crippen molar-refractivity contribution in [2.75, 3.05) is 7.11 Å². The number of halogens is 1. The van der Waals surface area contributed by atoms with Crippen LogP contribution in [0.3, 0.4) is 0 Å². The van der Waals surface area contributed by atoms with Gasteiger partial charge in [0.25, 0.3) is 0 Å². The van der Waals surface area contributed by atoms with Gasteiger partial charge in [-0.25, -0.2) is 4.39 Å². The third-order valence-electron chi connectivity index (χ3n) is 3.76. The van der Waals surface area contributed by atoms with E-state index in [1.165, 1.54) is 12.1 Å². The molecule has 0 aliphatic carbocycles. The Morgan fingerprint density at radius 2 is 2.04 bits per heavy atom. The molecule has 0 spiro atoms. The van der Waals surface area contributed by atoms with Crippen LogP contribution in [-0.2, 0) is 11.2 Å². The van der Waals surface area contributed by atoms with Crippen LogP contribution in [0.5, 0.6) is 5.75 Å². The highest BCUT2D eigenvalue weighted by atomic mass is 19.1. The maximum Gasteiger partial charge on any atom is 0.220 e. The van der Waals surface area contributed by atoms with Gasteiger partial charge in [-0.2, -0.15) is 0 Å². The van der Waals surface area contributed by atoms with Crippen molar-refractivity contribution in [1.82, 2.24) is 5.32 Å². The molecule has 2 aromatic rings. The second-order valence-electron chi connectivity index (χ2n) is 5.66. The summed E-state index contributed by atoms with van der Waals surface area (Å²) < 4.78 is 18.5. The lowest BCUT2D eigenvalue weighted by Gasteiger charge is -2.18. The van der Waals surface area contributed by atoms with Crippen LogP contribution in [-0.4, -0.2) is 13.0 Å². The van der Waals surface area contributed by atoms with Crippen molar-refractivity contribution in [1.29, 1.82) is 0 Å². The number of benzene rings is 2. The van der Waals surface area contributed by atoms with Gasteiger partial charge in [-0.05, 0) is 44.0 Å². The number of aryl methyl sites for hydroxylation is 2. The van der Waals surface area contributed by atoms with Gasteiger partial charge < -0.3 is 10.1 Å². The molecule has 3 nitrogen and oxygen atoms in total. The Morgan fingerprint density at radius 3 is 2.74 bits per heavy atom. The molecule has 0 aliphatic heterocycles. The Hall–Kier alpha value is -2.36. The van der Waals surface area contributed by atoms with E-state index in [0.29, 0.717) is 12.8 Å². The van der Waals surface area contributed by atoms with E-state index in [4.69, 9.17) is 4.74 Å². The van der Waals surface area contributed by atoms with Crippen LogP contribution < -0.4 is 10.1 Å². The van der Waals surface area contributed by atoms with Crippen LogP contribution in [0, 0.1) is 12.7 Å². The molecule has 0 heterocycles. The molecule has 0 radical (unpaired) electrons. The van der Waals surface area contributed by atoms with Crippen molar-refractivity contribution in [3.8, 4) is 5.75 Å². The van der Waals surface area contributed by atoms with Crippen molar-refractivity contribution in [2.24, 2.45) is 0 Å². The standard InChI is InChI=1S/C19H22FNO2/c1-13-7-9-18(23-3)17(11-13)14(2)21-19(22)10-8-15-5-4-6-16(20)12-15/h4-7,9,11-12,14H,8,10H2,1-3H3,(H,21,22). The highest BCUT2D eigenvalue weighted by Gasteiger charge is 2.14. The number of methoxy groups -OCH3 is 1. The van der Waals surface area contributed by atoms with E-state index >= 15 is 0 Å². The second kappa shape index (κ2) is 7.77. The zero-order valence-electron chi connectivity index (χ0n) is 13.7. The quantitative estimate of drug-likeness (QED) is 0.876. The van der Waals surface area contributed by atoms with Gasteiger partial charge in [0.2, 0.25) is 5.91 Å². The first kappa shape index (κ1) is 17.0. The zero-order chi connectivity index (χ0) is 16.8. The smallest absolute Gasteiger partial charge is 0.220 e. The summed E-state index contributed by atoms with van der Waals surface area (Å²) in [7, 11) is 1.62. The van der Waals surface area contributed by atoms with E-state index in [1.807, 2.05) is 38.1 Å². The number of hydrogen-bond donors (Lipinski definition) is 1. The summed E-state index contributed by atoms with van der Waals surface area (Å²) in [5.41, 5.74) is 2.88. The Bertz CT molecular complexity index is 685. The highest BCUT2D eigenvalue weighted by Crippen LogP contribution is 2.26. The van der Waals surface area contributed by atoms with E-state index < -0.39 is 0 Å². The average Bonchev–Trinajstić information content (AvgIpc) is 2.53. The van der Waals surface area contributed by atoms with Gasteiger partial charge in [-0.3, -0.25) is 4.79 Å². The largest absolute Gasteiger partial charge is 0.496 e. The second-order valence-corrected chi connectivity index (χ2v) is 5.66. The van der Waals surface area contributed by atoms with Crippen molar-refractivity contribution < 1.29 is 13.9 Å². The van der Waals surface area contributed by atoms with Crippen LogP contribution in [0.2, 0.25) is 0 Å². The van der Waals surface area contributed by atoms with Gasteiger partial charge in [0.1, 0.15) is 11.6 Å². The number of rotatable bonds is 6. The number of carbonyl (C=O) groups is 1. The van der Waals surface area contributed by atoms with Crippen LogP contribution in [0.4, 0.5) is 4.39 Å². The molecule has 2 aromatic carbocycles. The van der Waals surface area contributed by atoms with Crippen molar-refractivity contribution in [3.05, 3.63) is 65.0 Å². The Kier molecular flexibility index (Phi) is 5.74. The molecule has 0 saturated carbocycles. The third-order valence-corrected chi connectivity index (χ3v) is 3.76. The lowest BCUT2D eigenvalue weighted by atomic mass is 10.0. The topological polar surface area (TPSA) is 38.3 Å². The molecule has 1 atom stereocenters. The first-order valence-electron chi connectivity index (χ1n) is 7.68. The minimum absolute atomic E-state index is 0.0645. The van der Waals surface area contributed by atoms with Gasteiger partial charge >= 0.3 is 0 Å². The van der Waals surface area contributed by atoms with Gasteiger partial charge in [-0.15, -0.1) is 0 Å². The number of nitrogens with one attached hydrogen (secondary N) is 1. The van der Waals surface area contributed by atoms with Crippen molar-refractivity contribution in [2.45, 2.75) is 32.7 Å². The molecule has 0 bridgehead atoms. The Labute approximate surface area is 136 Å². The highest BCUT2D eigenvalue weighted by molar-refractivity contribution is 5.76. The predicted molar refractivity (Wildman–Crippen MR) is 89.0 cm³/mol. The molecular formula is C19H22FNO2. The number of amides is 1. The van der Waals surface area contributed by atoms with E-state index in [0.717, 1.165) is 22.4 Å². The summed E-state index contributed by atoms with van der Waals surface area (Å²) in [6, 6.07) is 12.1. The molecule has 0 fully saturated rings. The fourth-order valence-electron chi connectivity index (χ4n) is 2.53. The Morgan fingerprint density at radius 1 is 1.26 bits per heavy atom. The fourth-order valence-corrected chi connectivity index (χ4v) is 2.53. The molecule has 1 unspecified atom stereocenters. The normalized spacial score (nSPS) is 11.8. The first-order chi connectivity index (χ1) is 11.0. The molecular weight excluding hydrogens is 293 g/mol. The van der Waals surface area contributed by atoms with Gasteiger partial charge in [0, 0.05) is 12.0 Å². The molecule has 4 heteroatoms. The molecule has 23 heavy (non-hydrogen) atoms. The molecule has 0 saturated heterocycles. The van der Waals surface area contributed by atoms with E-state index in [2.05, 4.69) is 5.32 Å². The van der Waals surface area contributed by atoms with Crippen LogP contribution in [0.1, 0.15) is 36.1 Å². The third kappa shape index (κ3) is 4.81. The monoisotopic (exact) mass is 315 g/mol. The molecule has 2 rings (SSSR count). The fraction of sp³-hybridized carbons (Fsp3) is 0.316. The summed E-state index contributed by atoms with van der Waals surface area (Å²) in [6.45, 7) is 3.93. The SMILES string of the molecule is COc1ccc(C)cc1C(C)NC(=O)CCc1cccc(F)c1. The molecule has 0 aliphatic rings. The summed E-state index contributed by atoms with van der Waals surface area (Å²) in [6.07, 6.45) is 0.836. The van der Waals surface area contributed by atoms with Crippen molar-refractivity contribution in [3.63, 3.8) is 0 Å². The molecule has 122 valence electrons. The van der Waals surface area contributed by atoms with Crippen LogP contribution >= 0.6 is 0 Å². The lowest BCUT2D eigenvalue weighted by molar-refractivity contribution is -0.121. The Balaban J connectivity index is 1.96. The maximum atomic E-state index is 13.1. The first-order valence-corrected chi connectivity index (χ1v) is 7.68.